The summed E-state index contributed by atoms with van der Waals surface area (Å²) in [5.41, 5.74) is 5.61. The Labute approximate surface area is 109 Å². The second-order valence-electron chi connectivity index (χ2n) is 4.22. The minimum Gasteiger partial charge on any atom is -0.394 e. The highest BCUT2D eigenvalue weighted by Crippen LogP contribution is 2.30. The summed E-state index contributed by atoms with van der Waals surface area (Å²) in [7, 11) is 0. The number of anilines is 2. The van der Waals surface area contributed by atoms with E-state index >= 15 is 0 Å². The maximum Gasteiger partial charge on any atom is 0.332 e. The number of ether oxygens (including phenoxy) is 1. The van der Waals surface area contributed by atoms with E-state index in [1.165, 1.54) is 6.92 Å². The Balaban J connectivity index is 2.40. The third kappa shape index (κ3) is 2.71. The fourth-order valence-corrected chi connectivity index (χ4v) is 2.03. The number of rotatable bonds is 3. The van der Waals surface area contributed by atoms with Crippen molar-refractivity contribution < 1.29 is 14.8 Å². The molecule has 0 saturated carbocycles. The van der Waals surface area contributed by atoms with E-state index in [2.05, 4.69) is 9.97 Å². The first-order valence-electron chi connectivity index (χ1n) is 5.79. The summed E-state index contributed by atoms with van der Waals surface area (Å²) in [6.45, 7) is 2.51. The molecule has 9 nitrogen and oxygen atoms in total. The Kier molecular flexibility index (Phi) is 3.76. The van der Waals surface area contributed by atoms with Crippen molar-refractivity contribution in [3.63, 3.8) is 0 Å². The van der Waals surface area contributed by atoms with Gasteiger partial charge in [0.2, 0.25) is 11.8 Å². The Morgan fingerprint density at radius 2 is 2.37 bits per heavy atom. The second kappa shape index (κ2) is 5.33. The van der Waals surface area contributed by atoms with Crippen molar-refractivity contribution in [3.05, 3.63) is 15.8 Å². The maximum absolute atomic E-state index is 11.1. The summed E-state index contributed by atoms with van der Waals surface area (Å²) in [4.78, 5) is 20.1. The summed E-state index contributed by atoms with van der Waals surface area (Å²) in [6, 6.07) is 0. The van der Waals surface area contributed by atoms with Crippen LogP contribution in [0.1, 0.15) is 5.69 Å². The first kappa shape index (κ1) is 13.4. The molecular weight excluding hydrogens is 254 g/mol. The zero-order valence-corrected chi connectivity index (χ0v) is 10.4. The van der Waals surface area contributed by atoms with Gasteiger partial charge in [0.1, 0.15) is 5.69 Å². The number of morpholine rings is 1. The van der Waals surface area contributed by atoms with Gasteiger partial charge in [-0.3, -0.25) is 10.1 Å². The Hall–Kier alpha value is -2.00. The Bertz CT molecular complexity index is 495. The minimum absolute atomic E-state index is 0.00913. The molecule has 104 valence electrons. The predicted molar refractivity (Wildman–Crippen MR) is 66.9 cm³/mol. The van der Waals surface area contributed by atoms with Crippen LogP contribution in [0.2, 0.25) is 0 Å². The molecule has 0 radical (unpaired) electrons. The molecule has 0 bridgehead atoms. The molecule has 1 aromatic heterocycles. The third-order valence-corrected chi connectivity index (χ3v) is 2.88. The van der Waals surface area contributed by atoms with Crippen LogP contribution in [-0.2, 0) is 4.74 Å². The monoisotopic (exact) mass is 269 g/mol. The summed E-state index contributed by atoms with van der Waals surface area (Å²) in [5.74, 6) is 0.168. The lowest BCUT2D eigenvalue weighted by atomic mass is 10.2. The van der Waals surface area contributed by atoms with E-state index in [4.69, 9.17) is 15.6 Å². The molecule has 0 amide bonds. The zero-order valence-electron chi connectivity index (χ0n) is 10.4. The number of aliphatic hydroxyl groups excluding tert-OH is 1. The number of nitrogens with zero attached hydrogens (tertiary/aromatic N) is 4. The summed E-state index contributed by atoms with van der Waals surface area (Å²) in [6.07, 6.45) is -0.384. The number of aromatic nitrogens is 2. The second-order valence-corrected chi connectivity index (χ2v) is 4.22. The number of hydrogen-bond acceptors (Lipinski definition) is 8. The number of nitrogen functional groups attached to an aromatic ring is 1. The van der Waals surface area contributed by atoms with Gasteiger partial charge >= 0.3 is 5.69 Å². The molecule has 1 aliphatic rings. The van der Waals surface area contributed by atoms with Gasteiger partial charge in [0, 0.05) is 13.1 Å². The maximum atomic E-state index is 11.1. The van der Waals surface area contributed by atoms with Gasteiger partial charge in [-0.25, -0.2) is 4.98 Å². The van der Waals surface area contributed by atoms with E-state index in [-0.39, 0.29) is 35.9 Å². The highest BCUT2D eigenvalue weighted by molar-refractivity contribution is 5.62. The minimum atomic E-state index is -0.520. The van der Waals surface area contributed by atoms with E-state index in [1.54, 1.807) is 4.90 Å². The fraction of sp³-hybridized carbons (Fsp3) is 0.600. The van der Waals surface area contributed by atoms with Gasteiger partial charge < -0.3 is 20.5 Å². The van der Waals surface area contributed by atoms with Gasteiger partial charge in [-0.15, -0.1) is 0 Å². The molecule has 0 spiro atoms. The van der Waals surface area contributed by atoms with Crippen LogP contribution in [0.4, 0.5) is 17.5 Å². The van der Waals surface area contributed by atoms with Gasteiger partial charge in [-0.05, 0) is 6.92 Å². The van der Waals surface area contributed by atoms with E-state index in [0.717, 1.165) is 0 Å². The molecule has 1 fully saturated rings. The smallest absolute Gasteiger partial charge is 0.332 e. The summed E-state index contributed by atoms with van der Waals surface area (Å²) < 4.78 is 5.30. The lowest BCUT2D eigenvalue weighted by Gasteiger charge is -2.32. The van der Waals surface area contributed by atoms with Gasteiger partial charge in [-0.1, -0.05) is 0 Å². The van der Waals surface area contributed by atoms with Crippen molar-refractivity contribution in [2.75, 3.05) is 36.9 Å². The van der Waals surface area contributed by atoms with Crippen LogP contribution < -0.4 is 10.6 Å². The average Bonchev–Trinajstić information content (AvgIpc) is 2.37. The van der Waals surface area contributed by atoms with Crippen LogP contribution in [0.3, 0.4) is 0 Å². The molecule has 2 heterocycles. The molecule has 1 aliphatic heterocycles. The van der Waals surface area contributed by atoms with Gasteiger partial charge in [0.25, 0.3) is 0 Å². The topological polar surface area (TPSA) is 128 Å². The van der Waals surface area contributed by atoms with Gasteiger partial charge in [0.15, 0.2) is 0 Å². The van der Waals surface area contributed by atoms with Crippen LogP contribution in [0, 0.1) is 17.0 Å². The van der Waals surface area contributed by atoms with Crippen molar-refractivity contribution in [2.24, 2.45) is 0 Å². The summed E-state index contributed by atoms with van der Waals surface area (Å²) >= 11 is 0. The van der Waals surface area contributed by atoms with E-state index in [9.17, 15) is 10.1 Å². The fourth-order valence-electron chi connectivity index (χ4n) is 2.03. The van der Waals surface area contributed by atoms with E-state index < -0.39 is 4.92 Å². The van der Waals surface area contributed by atoms with E-state index in [1.807, 2.05) is 0 Å². The van der Waals surface area contributed by atoms with E-state index in [0.29, 0.717) is 19.7 Å². The van der Waals surface area contributed by atoms with Gasteiger partial charge in [-0.2, -0.15) is 4.98 Å². The molecular formula is C10H15N5O4. The van der Waals surface area contributed by atoms with Crippen molar-refractivity contribution in [1.82, 2.24) is 9.97 Å². The van der Waals surface area contributed by atoms with Crippen LogP contribution in [-0.4, -0.2) is 52.4 Å². The molecule has 2 rings (SSSR count). The number of nitro groups is 1. The SMILES string of the molecule is Cc1nc(N)nc(N2CCOC(CO)C2)c1[N+](=O)[O-]. The molecule has 3 N–H and O–H groups in total. The molecule has 1 atom stereocenters. The van der Waals surface area contributed by atoms with Crippen LogP contribution in [0.15, 0.2) is 0 Å². The van der Waals surface area contributed by atoms with Crippen molar-refractivity contribution in [1.29, 1.82) is 0 Å². The number of nitrogens with two attached hydrogens (primary N) is 1. The van der Waals surface area contributed by atoms with Crippen molar-refractivity contribution in [2.45, 2.75) is 13.0 Å². The van der Waals surface area contributed by atoms with Crippen LogP contribution >= 0.6 is 0 Å². The quantitative estimate of drug-likeness (QED) is 0.553. The third-order valence-electron chi connectivity index (χ3n) is 2.88. The van der Waals surface area contributed by atoms with Crippen LogP contribution in [0.25, 0.3) is 0 Å². The zero-order chi connectivity index (χ0) is 14.0. The molecule has 1 aromatic rings. The number of aliphatic hydroxyl groups is 1. The standard InChI is InChI=1S/C10H15N5O4/c1-6-8(15(17)18)9(13-10(11)12-6)14-2-3-19-7(4-14)5-16/h7,16H,2-5H2,1H3,(H2,11,12,13). The highest BCUT2D eigenvalue weighted by Gasteiger charge is 2.29. The number of hydrogen-bond donors (Lipinski definition) is 2. The molecule has 0 aliphatic carbocycles. The molecule has 1 unspecified atom stereocenters. The molecule has 0 aromatic carbocycles. The molecule has 19 heavy (non-hydrogen) atoms. The van der Waals surface area contributed by atoms with Crippen LogP contribution in [0.5, 0.6) is 0 Å². The predicted octanol–water partition coefficient (Wildman–Crippen LogP) is -0.527. The molecule has 1 saturated heterocycles. The lowest BCUT2D eigenvalue weighted by Crippen LogP contribution is -2.44. The first-order valence-corrected chi connectivity index (χ1v) is 5.79. The number of aryl methyl sites for hydroxylation is 1. The van der Waals surface area contributed by atoms with Crippen molar-refractivity contribution in [3.8, 4) is 0 Å². The lowest BCUT2D eigenvalue weighted by molar-refractivity contribution is -0.385. The van der Waals surface area contributed by atoms with Gasteiger partial charge in [0.05, 0.1) is 24.2 Å². The normalized spacial score (nSPS) is 19.5. The van der Waals surface area contributed by atoms with Crippen molar-refractivity contribution >= 4 is 17.5 Å². The molecule has 9 heteroatoms. The summed E-state index contributed by atoms with van der Waals surface area (Å²) in [5, 5.41) is 20.2. The Morgan fingerprint density at radius 1 is 1.63 bits per heavy atom. The largest absolute Gasteiger partial charge is 0.394 e. The first-order chi connectivity index (χ1) is 9.02. The highest BCUT2D eigenvalue weighted by atomic mass is 16.6. The Morgan fingerprint density at radius 3 is 3.00 bits per heavy atom. The average molecular weight is 269 g/mol.